The van der Waals surface area contributed by atoms with Crippen LogP contribution in [0.25, 0.3) is 0 Å². The van der Waals surface area contributed by atoms with E-state index in [1.807, 2.05) is 0 Å². The fourth-order valence-corrected chi connectivity index (χ4v) is 6.22. The number of sulfonamides is 1. The molecule has 2 aromatic rings. The number of alkyl halides is 3. The first-order valence-electron chi connectivity index (χ1n) is 9.97. The van der Waals surface area contributed by atoms with Crippen molar-refractivity contribution >= 4 is 21.6 Å². The number of nitrogens with zero attached hydrogens (tertiary/aromatic N) is 4. The summed E-state index contributed by atoms with van der Waals surface area (Å²) < 4.78 is 69.0. The molecule has 6 nitrogen and oxygen atoms in total. The van der Waals surface area contributed by atoms with Gasteiger partial charge in [-0.15, -0.1) is 10.2 Å². The Labute approximate surface area is 178 Å². The lowest BCUT2D eigenvalue weighted by Crippen LogP contribution is -2.40. The van der Waals surface area contributed by atoms with Crippen LogP contribution >= 0.6 is 11.6 Å². The molecule has 0 amide bonds. The summed E-state index contributed by atoms with van der Waals surface area (Å²) in [4.78, 5) is -0.514. The molecule has 1 atom stereocenters. The van der Waals surface area contributed by atoms with Gasteiger partial charge in [0.1, 0.15) is 16.5 Å². The van der Waals surface area contributed by atoms with Crippen LogP contribution in [0.1, 0.15) is 55.2 Å². The van der Waals surface area contributed by atoms with Crippen LogP contribution in [0.15, 0.2) is 23.1 Å². The van der Waals surface area contributed by atoms with E-state index in [4.69, 9.17) is 11.6 Å². The summed E-state index contributed by atoms with van der Waals surface area (Å²) in [6.45, 7) is 1.18. The van der Waals surface area contributed by atoms with Crippen LogP contribution in [0.4, 0.5) is 13.2 Å². The van der Waals surface area contributed by atoms with Crippen molar-refractivity contribution in [2.75, 3.05) is 13.1 Å². The molecule has 0 aliphatic carbocycles. The Morgan fingerprint density at radius 3 is 2.63 bits per heavy atom. The quantitative estimate of drug-likeness (QED) is 0.684. The summed E-state index contributed by atoms with van der Waals surface area (Å²) in [6.07, 6.45) is 0.717. The van der Waals surface area contributed by atoms with Crippen molar-refractivity contribution in [3.05, 3.63) is 40.4 Å². The number of hydrogen-bond acceptors (Lipinski definition) is 4. The van der Waals surface area contributed by atoms with Crippen molar-refractivity contribution in [3.63, 3.8) is 0 Å². The summed E-state index contributed by atoms with van der Waals surface area (Å²) in [5.74, 6) is 1.53. The molecule has 0 bridgehead atoms. The minimum absolute atomic E-state index is 0.146. The molecule has 3 heterocycles. The third kappa shape index (κ3) is 4.09. The SMILES string of the molecule is O=S(=O)(c1cc(C(F)(F)F)ccc1Cl)N1CCCC(c2nnc3n2CCCCC3)C1. The molecule has 11 heteroatoms. The van der Waals surface area contributed by atoms with Gasteiger partial charge in [-0.2, -0.15) is 17.5 Å². The van der Waals surface area contributed by atoms with Gasteiger partial charge in [0.25, 0.3) is 0 Å². The largest absolute Gasteiger partial charge is 0.416 e. The van der Waals surface area contributed by atoms with Crippen LogP contribution in [-0.2, 0) is 29.2 Å². The van der Waals surface area contributed by atoms with Gasteiger partial charge in [-0.05, 0) is 43.9 Å². The minimum Gasteiger partial charge on any atom is -0.315 e. The second kappa shape index (κ2) is 8.12. The fourth-order valence-electron chi connectivity index (χ4n) is 4.20. The monoisotopic (exact) mass is 462 g/mol. The number of benzene rings is 1. The van der Waals surface area contributed by atoms with Crippen molar-refractivity contribution in [1.82, 2.24) is 19.1 Å². The Balaban J connectivity index is 1.63. The molecular weight excluding hydrogens is 441 g/mol. The number of fused-ring (bicyclic) bond motifs is 1. The minimum atomic E-state index is -4.65. The second-order valence-electron chi connectivity index (χ2n) is 7.78. The molecule has 0 radical (unpaired) electrons. The molecule has 1 aromatic heterocycles. The molecule has 2 aliphatic rings. The highest BCUT2D eigenvalue weighted by Gasteiger charge is 2.37. The smallest absolute Gasteiger partial charge is 0.315 e. The van der Waals surface area contributed by atoms with Crippen LogP contribution in [0.2, 0.25) is 5.02 Å². The van der Waals surface area contributed by atoms with Crippen molar-refractivity contribution in [1.29, 1.82) is 0 Å². The van der Waals surface area contributed by atoms with E-state index in [0.717, 1.165) is 62.4 Å². The Bertz CT molecular complexity index is 1040. The topological polar surface area (TPSA) is 68.1 Å². The van der Waals surface area contributed by atoms with E-state index < -0.39 is 26.7 Å². The van der Waals surface area contributed by atoms with Crippen LogP contribution in [0.3, 0.4) is 0 Å². The Morgan fingerprint density at radius 1 is 1.07 bits per heavy atom. The second-order valence-corrected chi connectivity index (χ2v) is 10.1. The predicted molar refractivity (Wildman–Crippen MR) is 105 cm³/mol. The van der Waals surface area contributed by atoms with E-state index in [-0.39, 0.29) is 24.0 Å². The van der Waals surface area contributed by atoms with Gasteiger partial charge in [0.2, 0.25) is 10.0 Å². The molecule has 0 saturated carbocycles. The van der Waals surface area contributed by atoms with Crippen molar-refractivity contribution < 1.29 is 21.6 Å². The zero-order chi connectivity index (χ0) is 21.5. The zero-order valence-electron chi connectivity index (χ0n) is 16.2. The van der Waals surface area contributed by atoms with Gasteiger partial charge >= 0.3 is 6.18 Å². The average Bonchev–Trinajstić information content (AvgIpc) is 2.95. The summed E-state index contributed by atoms with van der Waals surface area (Å²) in [5, 5.41) is 8.40. The standard InChI is InChI=1S/C19H22ClF3N4O2S/c20-15-8-7-14(19(21,22)23)11-16(15)30(28,29)26-9-4-5-13(12-26)18-25-24-17-6-2-1-3-10-27(17)18/h7-8,11,13H,1-6,9-10,12H2. The van der Waals surface area contributed by atoms with Crippen molar-refractivity contribution in [2.24, 2.45) is 0 Å². The predicted octanol–water partition coefficient (Wildman–Crippen LogP) is 4.25. The van der Waals surface area contributed by atoms with Crippen LogP contribution < -0.4 is 0 Å². The summed E-state index contributed by atoms with van der Waals surface area (Å²) in [5.41, 5.74) is -1.04. The molecule has 4 rings (SSSR count). The average molecular weight is 463 g/mol. The van der Waals surface area contributed by atoms with E-state index in [0.29, 0.717) is 12.5 Å². The number of hydrogen-bond donors (Lipinski definition) is 0. The maximum absolute atomic E-state index is 13.2. The summed E-state index contributed by atoms with van der Waals surface area (Å²) in [7, 11) is -4.18. The Hall–Kier alpha value is -1.65. The maximum Gasteiger partial charge on any atom is 0.416 e. The van der Waals surface area contributed by atoms with E-state index >= 15 is 0 Å². The summed E-state index contributed by atoms with van der Waals surface area (Å²) in [6, 6.07) is 2.38. The van der Waals surface area contributed by atoms with Crippen LogP contribution in [0, 0.1) is 0 Å². The number of halogens is 4. The number of piperidine rings is 1. The first kappa shape index (κ1) is 21.6. The highest BCUT2D eigenvalue weighted by molar-refractivity contribution is 7.89. The molecule has 1 fully saturated rings. The number of aryl methyl sites for hydroxylation is 1. The first-order chi connectivity index (χ1) is 14.2. The zero-order valence-corrected chi connectivity index (χ0v) is 17.8. The molecule has 164 valence electrons. The lowest BCUT2D eigenvalue weighted by molar-refractivity contribution is -0.137. The highest BCUT2D eigenvalue weighted by atomic mass is 35.5. The maximum atomic E-state index is 13.2. The van der Waals surface area contributed by atoms with Gasteiger partial charge in [-0.1, -0.05) is 18.0 Å². The third-order valence-corrected chi connectivity index (χ3v) is 8.11. The van der Waals surface area contributed by atoms with Gasteiger partial charge in [-0.25, -0.2) is 8.42 Å². The number of aromatic nitrogens is 3. The lowest BCUT2D eigenvalue weighted by Gasteiger charge is -2.32. The van der Waals surface area contributed by atoms with Gasteiger partial charge in [0, 0.05) is 32.0 Å². The first-order valence-corrected chi connectivity index (χ1v) is 11.8. The molecular formula is C19H22ClF3N4O2S. The molecule has 0 spiro atoms. The molecule has 1 unspecified atom stereocenters. The Morgan fingerprint density at radius 2 is 1.87 bits per heavy atom. The third-order valence-electron chi connectivity index (χ3n) is 5.76. The molecule has 0 N–H and O–H groups in total. The van der Waals surface area contributed by atoms with E-state index in [1.54, 1.807) is 0 Å². The van der Waals surface area contributed by atoms with Gasteiger partial charge in [0.05, 0.1) is 10.6 Å². The number of rotatable bonds is 3. The van der Waals surface area contributed by atoms with Gasteiger partial charge in [-0.3, -0.25) is 0 Å². The Kier molecular flexibility index (Phi) is 5.84. The van der Waals surface area contributed by atoms with E-state index in [1.165, 1.54) is 4.31 Å². The van der Waals surface area contributed by atoms with Crippen LogP contribution in [0.5, 0.6) is 0 Å². The molecule has 1 aromatic carbocycles. The lowest BCUT2D eigenvalue weighted by atomic mass is 9.99. The highest BCUT2D eigenvalue weighted by Crippen LogP contribution is 2.36. The van der Waals surface area contributed by atoms with Crippen molar-refractivity contribution in [3.8, 4) is 0 Å². The molecule has 30 heavy (non-hydrogen) atoms. The summed E-state index contributed by atoms with van der Waals surface area (Å²) >= 11 is 6.00. The van der Waals surface area contributed by atoms with E-state index in [9.17, 15) is 21.6 Å². The van der Waals surface area contributed by atoms with E-state index in [2.05, 4.69) is 14.8 Å². The van der Waals surface area contributed by atoms with Crippen molar-refractivity contribution in [2.45, 2.75) is 62.1 Å². The normalized spacial score (nSPS) is 21.3. The van der Waals surface area contributed by atoms with Gasteiger partial charge < -0.3 is 4.57 Å². The fraction of sp³-hybridized carbons (Fsp3) is 0.579. The molecule has 1 saturated heterocycles. The van der Waals surface area contributed by atoms with Crippen LogP contribution in [-0.4, -0.2) is 40.6 Å². The van der Waals surface area contributed by atoms with Gasteiger partial charge in [0.15, 0.2) is 0 Å². The molecule has 2 aliphatic heterocycles.